The zero-order valence-corrected chi connectivity index (χ0v) is 18.0. The number of hydrogen-bond acceptors (Lipinski definition) is 5. The van der Waals surface area contributed by atoms with Gasteiger partial charge < -0.3 is 9.72 Å². The number of benzene rings is 1. The molecule has 1 aliphatic rings. The summed E-state index contributed by atoms with van der Waals surface area (Å²) >= 11 is 1.66. The lowest BCUT2D eigenvalue weighted by molar-refractivity contribution is 0.243. The van der Waals surface area contributed by atoms with Gasteiger partial charge in [0.1, 0.15) is 10.7 Å². The molecule has 154 valence electrons. The number of nitrogens with one attached hydrogen (secondary N) is 1. The first kappa shape index (κ1) is 20.0. The number of rotatable bonds is 5. The maximum absolute atomic E-state index is 14.0. The molecule has 1 aliphatic carbocycles. The van der Waals surface area contributed by atoms with Crippen LogP contribution in [0.4, 0.5) is 4.39 Å². The van der Waals surface area contributed by atoms with Crippen molar-refractivity contribution in [3.8, 4) is 5.75 Å². The molecule has 0 fully saturated rings. The molecule has 0 saturated carbocycles. The number of methoxy groups -OCH3 is 1. The highest BCUT2D eigenvalue weighted by atomic mass is 32.1. The number of thiophene rings is 1. The molecule has 7 heteroatoms. The first-order valence-electron chi connectivity index (χ1n) is 9.94. The number of halogens is 1. The maximum Gasteiger partial charge on any atom is 0.259 e. The molecule has 0 radical (unpaired) electrons. The predicted molar refractivity (Wildman–Crippen MR) is 114 cm³/mol. The third kappa shape index (κ3) is 3.81. The van der Waals surface area contributed by atoms with Crippen LogP contribution >= 0.6 is 11.3 Å². The van der Waals surface area contributed by atoms with Crippen molar-refractivity contribution in [2.75, 3.05) is 14.2 Å². The van der Waals surface area contributed by atoms with E-state index in [9.17, 15) is 9.18 Å². The Bertz CT molecular complexity index is 1110. The van der Waals surface area contributed by atoms with Gasteiger partial charge in [-0.25, -0.2) is 9.37 Å². The number of aromatic amines is 1. The molecule has 1 aromatic carbocycles. The van der Waals surface area contributed by atoms with E-state index in [0.717, 1.165) is 35.0 Å². The Morgan fingerprint density at radius 1 is 1.45 bits per heavy atom. The summed E-state index contributed by atoms with van der Waals surface area (Å²) in [6.07, 6.45) is 3.11. The van der Waals surface area contributed by atoms with Gasteiger partial charge in [0, 0.05) is 11.4 Å². The fourth-order valence-corrected chi connectivity index (χ4v) is 5.40. The fourth-order valence-electron chi connectivity index (χ4n) is 4.01. The van der Waals surface area contributed by atoms with E-state index in [2.05, 4.69) is 11.9 Å². The Labute approximate surface area is 173 Å². The highest BCUT2D eigenvalue weighted by Gasteiger charge is 2.24. The zero-order chi connectivity index (χ0) is 20.7. The van der Waals surface area contributed by atoms with Crippen molar-refractivity contribution < 1.29 is 9.13 Å². The maximum atomic E-state index is 14.0. The molecule has 2 heterocycles. The molecular weight excluding hydrogens is 389 g/mol. The van der Waals surface area contributed by atoms with E-state index in [0.29, 0.717) is 18.3 Å². The van der Waals surface area contributed by atoms with Crippen LogP contribution in [0.3, 0.4) is 0 Å². The van der Waals surface area contributed by atoms with E-state index in [-0.39, 0.29) is 23.2 Å². The van der Waals surface area contributed by atoms with E-state index in [1.165, 1.54) is 23.6 Å². The minimum atomic E-state index is -0.377. The fraction of sp³-hybridized carbons (Fsp3) is 0.455. The van der Waals surface area contributed by atoms with E-state index in [1.54, 1.807) is 17.4 Å². The summed E-state index contributed by atoms with van der Waals surface area (Å²) < 4.78 is 19.0. The number of H-pyrrole nitrogens is 1. The number of ether oxygens (including phenoxy) is 1. The van der Waals surface area contributed by atoms with Gasteiger partial charge in [0.05, 0.1) is 18.5 Å². The normalized spacial score (nSPS) is 17.5. The molecule has 0 aliphatic heterocycles. The van der Waals surface area contributed by atoms with Gasteiger partial charge in [-0.05, 0) is 62.4 Å². The summed E-state index contributed by atoms with van der Waals surface area (Å²) in [5, 5.41) is 0.771. The Kier molecular flexibility index (Phi) is 5.44. The molecule has 0 unspecified atom stereocenters. The molecule has 4 rings (SSSR count). The van der Waals surface area contributed by atoms with Crippen LogP contribution in [0.15, 0.2) is 23.0 Å². The molecule has 3 aromatic rings. The summed E-state index contributed by atoms with van der Waals surface area (Å²) in [4.78, 5) is 24.8. The summed E-state index contributed by atoms with van der Waals surface area (Å²) in [5.74, 6) is 1.16. The Morgan fingerprint density at radius 2 is 2.24 bits per heavy atom. The predicted octanol–water partition coefficient (Wildman–Crippen LogP) is 4.45. The highest BCUT2D eigenvalue weighted by molar-refractivity contribution is 7.18. The van der Waals surface area contributed by atoms with Crippen molar-refractivity contribution in [3.05, 3.63) is 56.2 Å². The highest BCUT2D eigenvalue weighted by Crippen LogP contribution is 2.36. The molecular formula is C22H26FN3O2S. The number of hydrogen-bond donors (Lipinski definition) is 1. The number of fused-ring (bicyclic) bond motifs is 3. The first-order valence-corrected chi connectivity index (χ1v) is 10.8. The summed E-state index contributed by atoms with van der Waals surface area (Å²) in [7, 11) is 3.39. The molecule has 29 heavy (non-hydrogen) atoms. The lowest BCUT2D eigenvalue weighted by atomic mass is 9.89. The van der Waals surface area contributed by atoms with Crippen LogP contribution in [-0.2, 0) is 19.4 Å². The lowest BCUT2D eigenvalue weighted by Crippen LogP contribution is -2.26. The molecule has 0 bridgehead atoms. The minimum absolute atomic E-state index is 0.0483. The Balaban J connectivity index is 1.60. The van der Waals surface area contributed by atoms with Crippen LogP contribution in [0.2, 0.25) is 0 Å². The van der Waals surface area contributed by atoms with E-state index < -0.39 is 0 Å². The second-order valence-corrected chi connectivity index (χ2v) is 9.13. The monoisotopic (exact) mass is 415 g/mol. The van der Waals surface area contributed by atoms with Crippen LogP contribution in [0, 0.1) is 11.7 Å². The molecule has 0 spiro atoms. The van der Waals surface area contributed by atoms with Crippen LogP contribution < -0.4 is 10.3 Å². The van der Waals surface area contributed by atoms with Crippen molar-refractivity contribution in [2.24, 2.45) is 5.92 Å². The average Bonchev–Trinajstić information content (AvgIpc) is 3.05. The number of nitrogens with zero attached hydrogens (tertiary/aromatic N) is 2. The van der Waals surface area contributed by atoms with Crippen molar-refractivity contribution in [2.45, 2.75) is 45.7 Å². The second-order valence-electron chi connectivity index (χ2n) is 8.04. The zero-order valence-electron chi connectivity index (χ0n) is 17.2. The summed E-state index contributed by atoms with van der Waals surface area (Å²) in [6, 6.07) is 4.84. The number of aromatic nitrogens is 2. The van der Waals surface area contributed by atoms with Gasteiger partial charge in [-0.1, -0.05) is 13.0 Å². The molecule has 1 N–H and O–H groups in total. The molecule has 0 amide bonds. The topological polar surface area (TPSA) is 58.2 Å². The van der Waals surface area contributed by atoms with Gasteiger partial charge in [-0.15, -0.1) is 11.3 Å². The van der Waals surface area contributed by atoms with Crippen LogP contribution in [0.25, 0.3) is 10.2 Å². The summed E-state index contributed by atoms with van der Waals surface area (Å²) in [6.45, 7) is 4.79. The second kappa shape index (κ2) is 7.88. The quantitative estimate of drug-likeness (QED) is 0.669. The lowest BCUT2D eigenvalue weighted by Gasteiger charge is -2.24. The van der Waals surface area contributed by atoms with Gasteiger partial charge in [-0.2, -0.15) is 0 Å². The van der Waals surface area contributed by atoms with Crippen molar-refractivity contribution in [1.29, 1.82) is 0 Å². The minimum Gasteiger partial charge on any atom is -0.494 e. The van der Waals surface area contributed by atoms with Crippen molar-refractivity contribution >= 4 is 21.6 Å². The van der Waals surface area contributed by atoms with E-state index >= 15 is 0 Å². The third-order valence-corrected chi connectivity index (χ3v) is 7.04. The van der Waals surface area contributed by atoms with E-state index in [1.807, 2.05) is 24.9 Å². The number of aryl methyl sites for hydroxylation is 1. The van der Waals surface area contributed by atoms with Crippen LogP contribution in [0.1, 0.15) is 48.1 Å². The van der Waals surface area contributed by atoms with Gasteiger partial charge in [-0.3, -0.25) is 9.69 Å². The van der Waals surface area contributed by atoms with Crippen molar-refractivity contribution in [3.63, 3.8) is 0 Å². The standard InChI is InChI=1S/C22H26FN3O2S/c1-12-5-7-15-18(9-12)29-22-19(15)21(27)24-20(25-22)13(2)26(3)11-14-6-8-17(28-4)16(23)10-14/h6,8,10,12-13H,5,7,9,11H2,1-4H3,(H,24,25,27)/t12-,13+/m0/s1. The molecule has 2 aromatic heterocycles. The molecule has 0 saturated heterocycles. The molecule has 2 atom stereocenters. The van der Waals surface area contributed by atoms with Gasteiger partial charge >= 0.3 is 0 Å². The van der Waals surface area contributed by atoms with Gasteiger partial charge in [0.15, 0.2) is 11.6 Å². The van der Waals surface area contributed by atoms with Crippen LogP contribution in [0.5, 0.6) is 5.75 Å². The van der Waals surface area contributed by atoms with Crippen molar-refractivity contribution in [1.82, 2.24) is 14.9 Å². The Hall–Kier alpha value is -2.25. The SMILES string of the molecule is COc1ccc(CN(C)[C@H](C)c2nc3sc4c(c3c(=O)[nH]2)CC[C@H](C)C4)cc1F. The van der Waals surface area contributed by atoms with Gasteiger partial charge in [0.2, 0.25) is 0 Å². The summed E-state index contributed by atoms with van der Waals surface area (Å²) in [5.41, 5.74) is 1.98. The van der Waals surface area contributed by atoms with Gasteiger partial charge in [0.25, 0.3) is 5.56 Å². The smallest absolute Gasteiger partial charge is 0.259 e. The van der Waals surface area contributed by atoms with E-state index in [4.69, 9.17) is 9.72 Å². The molecule has 5 nitrogen and oxygen atoms in total. The van der Waals surface area contributed by atoms with Crippen LogP contribution in [-0.4, -0.2) is 29.0 Å². The average molecular weight is 416 g/mol. The first-order chi connectivity index (χ1) is 13.9. The Morgan fingerprint density at radius 3 is 2.97 bits per heavy atom. The largest absolute Gasteiger partial charge is 0.494 e. The third-order valence-electron chi connectivity index (χ3n) is 5.89.